The van der Waals surface area contributed by atoms with Crippen molar-refractivity contribution >= 4 is 28.3 Å². The van der Waals surface area contributed by atoms with Gasteiger partial charge in [0.1, 0.15) is 5.75 Å². The molecule has 0 spiro atoms. The van der Waals surface area contributed by atoms with Gasteiger partial charge in [-0.1, -0.05) is 6.08 Å². The molecule has 2 nitrogen and oxygen atoms in total. The van der Waals surface area contributed by atoms with Gasteiger partial charge in [-0.15, -0.1) is 19.0 Å². The van der Waals surface area contributed by atoms with E-state index in [0.717, 1.165) is 6.07 Å². The summed E-state index contributed by atoms with van der Waals surface area (Å²) in [5, 5.41) is 9.42. The molecule has 84 valence electrons. The van der Waals surface area contributed by atoms with E-state index in [4.69, 9.17) is 5.73 Å². The van der Waals surface area contributed by atoms with Gasteiger partial charge in [-0.2, -0.15) is 0 Å². The van der Waals surface area contributed by atoms with Gasteiger partial charge in [-0.05, 0) is 22.0 Å². The van der Waals surface area contributed by atoms with E-state index in [-0.39, 0.29) is 22.4 Å². The molecule has 1 aromatic carbocycles. The molecule has 0 unspecified atom stereocenters. The van der Waals surface area contributed by atoms with E-state index in [0.29, 0.717) is 0 Å². The lowest BCUT2D eigenvalue weighted by molar-refractivity contribution is 0.434. The van der Waals surface area contributed by atoms with E-state index in [1.165, 1.54) is 6.08 Å². The quantitative estimate of drug-likeness (QED) is 0.651. The molecule has 0 bridgehead atoms. The molecular weight excluding hydrogens is 291 g/mol. The second-order valence-corrected chi connectivity index (χ2v) is 3.53. The molecule has 0 saturated heterocycles. The van der Waals surface area contributed by atoms with Gasteiger partial charge in [0.05, 0.1) is 16.1 Å². The first-order chi connectivity index (χ1) is 6.49. The molecule has 0 aromatic heterocycles. The minimum absolute atomic E-state index is 0. The van der Waals surface area contributed by atoms with Crippen molar-refractivity contribution in [3.63, 3.8) is 0 Å². The average Bonchev–Trinajstić information content (AvgIpc) is 2.15. The van der Waals surface area contributed by atoms with E-state index in [1.54, 1.807) is 0 Å². The number of hydrogen-bond acceptors (Lipinski definition) is 2. The normalized spacial score (nSPS) is 11.7. The van der Waals surface area contributed by atoms with Crippen LogP contribution < -0.4 is 5.73 Å². The molecule has 1 rings (SSSR count). The Morgan fingerprint density at radius 2 is 2.07 bits per heavy atom. The maximum absolute atomic E-state index is 13.2. The van der Waals surface area contributed by atoms with E-state index in [9.17, 15) is 13.9 Å². The number of benzene rings is 1. The molecule has 0 heterocycles. The molecule has 3 N–H and O–H groups in total. The van der Waals surface area contributed by atoms with Gasteiger partial charge in [0, 0.05) is 0 Å². The standard InChI is InChI=1S/C9H8BrF2NO.ClH/c1-2-6(13)7-8(12)5(11)3-4(10)9(7)14;/h2-3,6,14H,1,13H2;1H/t6-;/m0./s1. The lowest BCUT2D eigenvalue weighted by atomic mass is 10.1. The van der Waals surface area contributed by atoms with Gasteiger partial charge in [-0.3, -0.25) is 0 Å². The van der Waals surface area contributed by atoms with E-state index in [2.05, 4.69) is 22.5 Å². The summed E-state index contributed by atoms with van der Waals surface area (Å²) in [6, 6.07) is -0.105. The van der Waals surface area contributed by atoms with Crippen LogP contribution in [0.4, 0.5) is 8.78 Å². The smallest absolute Gasteiger partial charge is 0.167 e. The van der Waals surface area contributed by atoms with Gasteiger partial charge in [-0.25, -0.2) is 8.78 Å². The largest absolute Gasteiger partial charge is 0.506 e. The number of hydrogen-bond donors (Lipinski definition) is 2. The highest BCUT2D eigenvalue weighted by atomic mass is 79.9. The predicted octanol–water partition coefficient (Wildman–Crippen LogP) is 3.04. The second kappa shape index (κ2) is 5.44. The lowest BCUT2D eigenvalue weighted by Gasteiger charge is -2.12. The van der Waals surface area contributed by atoms with Crippen LogP contribution in [0.1, 0.15) is 11.6 Å². The summed E-state index contributed by atoms with van der Waals surface area (Å²) in [6.07, 6.45) is 1.21. The summed E-state index contributed by atoms with van der Waals surface area (Å²) < 4.78 is 26.2. The van der Waals surface area contributed by atoms with Crippen LogP contribution in [0.15, 0.2) is 23.2 Å². The number of halogens is 4. The van der Waals surface area contributed by atoms with E-state index < -0.39 is 23.4 Å². The summed E-state index contributed by atoms with van der Waals surface area (Å²) >= 11 is 2.88. The fourth-order valence-corrected chi connectivity index (χ4v) is 1.44. The number of phenolic OH excluding ortho intramolecular Hbond substituents is 1. The van der Waals surface area contributed by atoms with Crippen molar-refractivity contribution in [3.05, 3.63) is 40.4 Å². The number of rotatable bonds is 2. The van der Waals surface area contributed by atoms with E-state index >= 15 is 0 Å². The van der Waals surface area contributed by atoms with Crippen LogP contribution in [0.2, 0.25) is 0 Å². The number of phenols is 1. The van der Waals surface area contributed by atoms with Crippen LogP contribution in [0.3, 0.4) is 0 Å². The van der Waals surface area contributed by atoms with Gasteiger partial charge >= 0.3 is 0 Å². The first-order valence-corrected chi connectivity index (χ1v) is 4.52. The summed E-state index contributed by atoms with van der Waals surface area (Å²) in [4.78, 5) is 0. The van der Waals surface area contributed by atoms with Crippen LogP contribution in [-0.4, -0.2) is 5.11 Å². The highest BCUT2D eigenvalue weighted by Gasteiger charge is 2.20. The molecule has 6 heteroatoms. The first-order valence-electron chi connectivity index (χ1n) is 3.73. The average molecular weight is 301 g/mol. The zero-order valence-corrected chi connectivity index (χ0v) is 9.91. The van der Waals surface area contributed by atoms with Crippen LogP contribution in [0, 0.1) is 11.6 Å². The van der Waals surface area contributed by atoms with Crippen LogP contribution in [0.5, 0.6) is 5.75 Å². The zero-order valence-electron chi connectivity index (χ0n) is 7.51. The van der Waals surface area contributed by atoms with Gasteiger partial charge in [0.25, 0.3) is 0 Å². The van der Waals surface area contributed by atoms with Crippen molar-refractivity contribution in [2.75, 3.05) is 0 Å². The third-order valence-electron chi connectivity index (χ3n) is 1.77. The molecule has 0 saturated carbocycles. The Bertz CT molecular complexity index is 361. The summed E-state index contributed by atoms with van der Waals surface area (Å²) in [5.74, 6) is -2.63. The Hall–Kier alpha value is -0.650. The SMILES string of the molecule is C=C[C@H](N)c1c(O)c(Br)cc(F)c1F.Cl. The topological polar surface area (TPSA) is 46.2 Å². The maximum atomic E-state index is 13.2. The number of aromatic hydroxyl groups is 1. The Labute approximate surface area is 100 Å². The first kappa shape index (κ1) is 14.3. The maximum Gasteiger partial charge on any atom is 0.167 e. The third-order valence-corrected chi connectivity index (χ3v) is 2.37. The molecule has 0 fully saturated rings. The van der Waals surface area contributed by atoms with Crippen molar-refractivity contribution in [3.8, 4) is 5.75 Å². The molecule has 0 radical (unpaired) electrons. The lowest BCUT2D eigenvalue weighted by Crippen LogP contribution is -2.10. The van der Waals surface area contributed by atoms with Gasteiger partial charge in [0.15, 0.2) is 11.6 Å². The fourth-order valence-electron chi connectivity index (χ4n) is 1.03. The van der Waals surface area contributed by atoms with Crippen molar-refractivity contribution in [2.45, 2.75) is 6.04 Å². The Kier molecular flexibility index (Phi) is 5.20. The van der Waals surface area contributed by atoms with Crippen LogP contribution in [0.25, 0.3) is 0 Å². The van der Waals surface area contributed by atoms with E-state index in [1.807, 2.05) is 0 Å². The monoisotopic (exact) mass is 299 g/mol. The summed E-state index contributed by atoms with van der Waals surface area (Å²) in [5.41, 5.74) is 5.13. The molecule has 1 atom stereocenters. The molecule has 0 aliphatic rings. The van der Waals surface area contributed by atoms with Crippen molar-refractivity contribution < 1.29 is 13.9 Å². The third kappa shape index (κ3) is 2.68. The molecule has 0 aliphatic heterocycles. The highest BCUT2D eigenvalue weighted by Crippen LogP contribution is 2.35. The second-order valence-electron chi connectivity index (χ2n) is 2.68. The molecule has 15 heavy (non-hydrogen) atoms. The molecule has 0 aliphatic carbocycles. The van der Waals surface area contributed by atoms with Crippen molar-refractivity contribution in [1.29, 1.82) is 0 Å². The minimum Gasteiger partial charge on any atom is -0.506 e. The highest BCUT2D eigenvalue weighted by molar-refractivity contribution is 9.10. The van der Waals surface area contributed by atoms with Crippen molar-refractivity contribution in [2.24, 2.45) is 5.73 Å². The Balaban J connectivity index is 0.00000196. The van der Waals surface area contributed by atoms with Gasteiger partial charge < -0.3 is 10.8 Å². The Morgan fingerprint density at radius 3 is 2.53 bits per heavy atom. The van der Waals surface area contributed by atoms with Gasteiger partial charge in [0.2, 0.25) is 0 Å². The molecule has 0 amide bonds. The van der Waals surface area contributed by atoms with Crippen LogP contribution >= 0.6 is 28.3 Å². The summed E-state index contributed by atoms with van der Waals surface area (Å²) in [7, 11) is 0. The van der Waals surface area contributed by atoms with Crippen molar-refractivity contribution in [1.82, 2.24) is 0 Å². The molecular formula is C9H9BrClF2NO. The fraction of sp³-hybridized carbons (Fsp3) is 0.111. The summed E-state index contributed by atoms with van der Waals surface area (Å²) in [6.45, 7) is 3.34. The molecule has 1 aromatic rings. The zero-order chi connectivity index (χ0) is 10.9. The minimum atomic E-state index is -1.15. The predicted molar refractivity (Wildman–Crippen MR) is 60.1 cm³/mol. The Morgan fingerprint density at radius 1 is 1.53 bits per heavy atom. The number of nitrogens with two attached hydrogens (primary N) is 1. The van der Waals surface area contributed by atoms with Crippen LogP contribution in [-0.2, 0) is 0 Å².